The number of methoxy groups -OCH3 is 1. The molecule has 0 saturated carbocycles. The van der Waals surface area contributed by atoms with Crippen LogP contribution in [0.25, 0.3) is 0 Å². The van der Waals surface area contributed by atoms with Crippen molar-refractivity contribution in [1.82, 2.24) is 10.2 Å². The van der Waals surface area contributed by atoms with Crippen molar-refractivity contribution in [3.8, 4) is 5.75 Å². The van der Waals surface area contributed by atoms with Crippen LogP contribution in [0.5, 0.6) is 5.75 Å². The largest absolute Gasteiger partial charge is 0.497 e. The monoisotopic (exact) mass is 572 g/mol. The molecule has 1 aliphatic rings. The van der Waals surface area contributed by atoms with Crippen LogP contribution < -0.4 is 15.0 Å². The van der Waals surface area contributed by atoms with Crippen LogP contribution in [0.1, 0.15) is 13.3 Å². The molecule has 0 amide bonds. The molecule has 1 atom stereocenters. The first-order chi connectivity index (χ1) is 15.0. The SMILES string of the molecule is CCC(CS(=O)(=O)c1ccccc1)NC(=NC)N1CCN(c2cccc(OC)c2)CC1.I. The number of benzene rings is 2. The fourth-order valence-electron chi connectivity index (χ4n) is 3.71. The Balaban J connectivity index is 0.00000363. The van der Waals surface area contributed by atoms with Crippen molar-refractivity contribution in [2.75, 3.05) is 51.0 Å². The smallest absolute Gasteiger partial charge is 0.194 e. The van der Waals surface area contributed by atoms with Crippen LogP contribution in [-0.4, -0.2) is 71.4 Å². The molecule has 1 aliphatic heterocycles. The van der Waals surface area contributed by atoms with Crippen molar-refractivity contribution in [3.05, 3.63) is 54.6 Å². The summed E-state index contributed by atoms with van der Waals surface area (Å²) in [6.45, 7) is 5.31. The second-order valence-electron chi connectivity index (χ2n) is 7.57. The van der Waals surface area contributed by atoms with E-state index < -0.39 is 9.84 Å². The summed E-state index contributed by atoms with van der Waals surface area (Å²) in [5, 5.41) is 3.38. The molecule has 0 radical (unpaired) electrons. The van der Waals surface area contributed by atoms with Crippen molar-refractivity contribution < 1.29 is 13.2 Å². The second-order valence-corrected chi connectivity index (χ2v) is 9.60. The first kappa shape index (κ1) is 26.2. The predicted molar refractivity (Wildman–Crippen MR) is 141 cm³/mol. The maximum atomic E-state index is 12.8. The molecule has 0 aliphatic carbocycles. The molecule has 7 nitrogen and oxygen atoms in total. The summed E-state index contributed by atoms with van der Waals surface area (Å²) in [5.41, 5.74) is 1.14. The van der Waals surface area contributed by atoms with E-state index in [1.807, 2.05) is 31.2 Å². The van der Waals surface area contributed by atoms with E-state index in [1.165, 1.54) is 0 Å². The van der Waals surface area contributed by atoms with Crippen LogP contribution in [-0.2, 0) is 9.84 Å². The lowest BCUT2D eigenvalue weighted by molar-refractivity contribution is 0.366. The van der Waals surface area contributed by atoms with E-state index in [0.29, 0.717) is 11.3 Å². The minimum absolute atomic E-state index is 0. The van der Waals surface area contributed by atoms with Gasteiger partial charge >= 0.3 is 0 Å². The van der Waals surface area contributed by atoms with Crippen LogP contribution >= 0.6 is 24.0 Å². The fourth-order valence-corrected chi connectivity index (χ4v) is 5.33. The Morgan fingerprint density at radius 1 is 1.09 bits per heavy atom. The number of aliphatic imine (C=N–C) groups is 1. The lowest BCUT2D eigenvalue weighted by Crippen LogP contribution is -2.55. The molecule has 3 rings (SSSR count). The molecule has 1 fully saturated rings. The van der Waals surface area contributed by atoms with E-state index in [-0.39, 0.29) is 35.8 Å². The highest BCUT2D eigenvalue weighted by Crippen LogP contribution is 2.22. The van der Waals surface area contributed by atoms with E-state index in [1.54, 1.807) is 38.4 Å². The normalized spacial score (nSPS) is 15.7. The Morgan fingerprint density at radius 2 is 1.78 bits per heavy atom. The summed E-state index contributed by atoms with van der Waals surface area (Å²) in [6.07, 6.45) is 0.689. The van der Waals surface area contributed by atoms with Crippen LogP contribution in [0.4, 0.5) is 5.69 Å². The van der Waals surface area contributed by atoms with Crippen LogP contribution in [0.15, 0.2) is 64.5 Å². The number of piperazine rings is 1. The van der Waals surface area contributed by atoms with Crippen molar-refractivity contribution in [2.24, 2.45) is 4.99 Å². The van der Waals surface area contributed by atoms with Gasteiger partial charge in [0.1, 0.15) is 5.75 Å². The molecule has 0 aromatic heterocycles. The fraction of sp³-hybridized carbons (Fsp3) is 0.435. The number of hydrogen-bond acceptors (Lipinski definition) is 5. The van der Waals surface area contributed by atoms with Crippen molar-refractivity contribution >= 4 is 45.5 Å². The summed E-state index contributed by atoms with van der Waals surface area (Å²) in [7, 11) is 0.0570. The molecule has 0 bridgehead atoms. The zero-order chi connectivity index (χ0) is 22.3. The molecule has 2 aromatic rings. The first-order valence-electron chi connectivity index (χ1n) is 10.6. The average molecular weight is 573 g/mol. The number of nitrogens with one attached hydrogen (secondary N) is 1. The van der Waals surface area contributed by atoms with Crippen molar-refractivity contribution in [1.29, 1.82) is 0 Å². The van der Waals surface area contributed by atoms with Gasteiger partial charge in [-0.3, -0.25) is 4.99 Å². The predicted octanol–water partition coefficient (Wildman–Crippen LogP) is 3.26. The number of nitrogens with zero attached hydrogens (tertiary/aromatic N) is 3. The molecule has 2 aromatic carbocycles. The second kappa shape index (κ2) is 12.3. The van der Waals surface area contributed by atoms with Gasteiger partial charge in [0.05, 0.1) is 17.8 Å². The lowest BCUT2D eigenvalue weighted by atomic mass is 10.2. The molecular weight excluding hydrogens is 539 g/mol. The van der Waals surface area contributed by atoms with Gasteiger partial charge in [0, 0.05) is 51.0 Å². The summed E-state index contributed by atoms with van der Waals surface area (Å²) >= 11 is 0. The summed E-state index contributed by atoms with van der Waals surface area (Å²) < 4.78 is 30.9. The summed E-state index contributed by atoms with van der Waals surface area (Å²) in [4.78, 5) is 9.30. The molecule has 1 heterocycles. The van der Waals surface area contributed by atoms with E-state index in [2.05, 4.69) is 26.2 Å². The minimum Gasteiger partial charge on any atom is -0.497 e. The van der Waals surface area contributed by atoms with E-state index in [9.17, 15) is 8.42 Å². The molecule has 9 heteroatoms. The van der Waals surface area contributed by atoms with Crippen LogP contribution in [0.3, 0.4) is 0 Å². The topological polar surface area (TPSA) is 74.2 Å². The number of rotatable bonds is 7. The third-order valence-electron chi connectivity index (χ3n) is 5.56. The number of halogens is 1. The van der Waals surface area contributed by atoms with E-state index in [4.69, 9.17) is 4.74 Å². The minimum atomic E-state index is -3.36. The molecule has 1 N–H and O–H groups in total. The van der Waals surface area contributed by atoms with Gasteiger partial charge in [-0.1, -0.05) is 31.2 Å². The Kier molecular flexibility index (Phi) is 10.1. The number of anilines is 1. The zero-order valence-corrected chi connectivity index (χ0v) is 22.0. The van der Waals surface area contributed by atoms with Crippen LogP contribution in [0.2, 0.25) is 0 Å². The quantitative estimate of drug-likeness (QED) is 0.312. The van der Waals surface area contributed by atoms with Crippen molar-refractivity contribution in [2.45, 2.75) is 24.3 Å². The maximum absolute atomic E-state index is 12.8. The first-order valence-corrected chi connectivity index (χ1v) is 12.3. The molecule has 32 heavy (non-hydrogen) atoms. The van der Waals surface area contributed by atoms with Gasteiger partial charge in [-0.15, -0.1) is 24.0 Å². The van der Waals surface area contributed by atoms with E-state index in [0.717, 1.165) is 43.6 Å². The number of guanidine groups is 1. The summed E-state index contributed by atoms with van der Waals surface area (Å²) in [5.74, 6) is 1.64. The highest BCUT2D eigenvalue weighted by molar-refractivity contribution is 14.0. The number of ether oxygens (including phenoxy) is 1. The Bertz CT molecular complexity index is 978. The van der Waals surface area contributed by atoms with Gasteiger partial charge in [0.2, 0.25) is 0 Å². The Morgan fingerprint density at radius 3 is 2.38 bits per heavy atom. The molecule has 1 saturated heterocycles. The van der Waals surface area contributed by atoms with E-state index >= 15 is 0 Å². The maximum Gasteiger partial charge on any atom is 0.194 e. The summed E-state index contributed by atoms with van der Waals surface area (Å²) in [6, 6.07) is 16.5. The molecular formula is C23H33IN4O3S. The third-order valence-corrected chi connectivity index (χ3v) is 7.39. The highest BCUT2D eigenvalue weighted by atomic mass is 127. The van der Waals surface area contributed by atoms with Gasteiger partial charge in [-0.05, 0) is 30.7 Å². The number of hydrogen-bond donors (Lipinski definition) is 1. The van der Waals surface area contributed by atoms with Gasteiger partial charge in [-0.2, -0.15) is 0 Å². The average Bonchev–Trinajstić information content (AvgIpc) is 2.82. The van der Waals surface area contributed by atoms with Gasteiger partial charge in [0.25, 0.3) is 0 Å². The Labute approximate surface area is 208 Å². The molecule has 0 spiro atoms. The lowest BCUT2D eigenvalue weighted by Gasteiger charge is -2.38. The van der Waals surface area contributed by atoms with Crippen LogP contribution in [0, 0.1) is 0 Å². The van der Waals surface area contributed by atoms with Gasteiger partial charge in [0.15, 0.2) is 15.8 Å². The number of sulfone groups is 1. The Hall–Kier alpha value is -2.01. The zero-order valence-electron chi connectivity index (χ0n) is 18.9. The van der Waals surface area contributed by atoms with Gasteiger partial charge < -0.3 is 19.9 Å². The molecule has 1 unspecified atom stereocenters. The highest BCUT2D eigenvalue weighted by Gasteiger charge is 2.25. The van der Waals surface area contributed by atoms with Gasteiger partial charge in [-0.25, -0.2) is 8.42 Å². The third kappa shape index (κ3) is 6.74. The molecule has 176 valence electrons. The standard InChI is InChI=1S/C23H32N4O3S.HI/c1-4-19(18-31(28,29)22-11-6-5-7-12-22)25-23(24-2)27-15-13-26(14-16-27)20-9-8-10-21(17-20)30-3;/h5-12,17,19H,4,13-16,18H2,1-3H3,(H,24,25);1H. The van der Waals surface area contributed by atoms with Crippen molar-refractivity contribution in [3.63, 3.8) is 0 Å².